The first-order valence-electron chi connectivity index (χ1n) is 9.25. The van der Waals surface area contributed by atoms with Gasteiger partial charge in [-0.2, -0.15) is 11.3 Å². The van der Waals surface area contributed by atoms with Gasteiger partial charge in [0.05, 0.1) is 16.2 Å². The number of aliphatic carboxylic acids is 1. The summed E-state index contributed by atoms with van der Waals surface area (Å²) in [5, 5.41) is 12.9. The lowest BCUT2D eigenvalue weighted by atomic mass is 10.0. The summed E-state index contributed by atoms with van der Waals surface area (Å²) in [5.41, 5.74) is 3.04. The topological polar surface area (TPSA) is 80.7 Å². The zero-order valence-electron chi connectivity index (χ0n) is 16.3. The molecule has 0 amide bonds. The first kappa shape index (κ1) is 21.6. The number of ether oxygens (including phenoxy) is 1. The third-order valence-corrected chi connectivity index (χ3v) is 6.79. The molecule has 0 saturated carbocycles. The number of sulfone groups is 1. The Morgan fingerprint density at radius 1 is 1.10 bits per heavy atom. The van der Waals surface area contributed by atoms with Gasteiger partial charge in [0.25, 0.3) is 0 Å². The van der Waals surface area contributed by atoms with Crippen LogP contribution in [0.15, 0.2) is 64.2 Å². The van der Waals surface area contributed by atoms with Gasteiger partial charge in [-0.05, 0) is 64.7 Å². The number of thiophene rings is 1. The van der Waals surface area contributed by atoms with Gasteiger partial charge >= 0.3 is 5.97 Å². The maximum Gasteiger partial charge on any atom is 0.341 e. The van der Waals surface area contributed by atoms with Crippen molar-refractivity contribution < 1.29 is 23.1 Å². The number of hydrogen-bond donors (Lipinski definition) is 1. The predicted octanol–water partition coefficient (Wildman–Crippen LogP) is 4.46. The van der Waals surface area contributed by atoms with Gasteiger partial charge in [0.1, 0.15) is 5.75 Å². The lowest BCUT2D eigenvalue weighted by Crippen LogP contribution is -2.10. The minimum Gasteiger partial charge on any atom is -0.481 e. The molecule has 0 unspecified atom stereocenters. The van der Waals surface area contributed by atoms with Crippen molar-refractivity contribution in [3.05, 3.63) is 70.4 Å². The zero-order chi connectivity index (χ0) is 21.6. The molecule has 5 nitrogen and oxygen atoms in total. The molecule has 0 radical (unpaired) electrons. The van der Waals surface area contributed by atoms with Crippen molar-refractivity contribution in [2.45, 2.75) is 18.2 Å². The summed E-state index contributed by atoms with van der Waals surface area (Å²) in [5.74, 6) is 5.35. The highest BCUT2D eigenvalue weighted by atomic mass is 32.2. The largest absolute Gasteiger partial charge is 0.481 e. The van der Waals surface area contributed by atoms with Gasteiger partial charge in [-0.3, -0.25) is 0 Å². The molecule has 0 bridgehead atoms. The van der Waals surface area contributed by atoms with Crippen LogP contribution in [0.25, 0.3) is 11.1 Å². The maximum atomic E-state index is 12.3. The minimum atomic E-state index is -3.34. The molecule has 0 spiro atoms. The Balaban J connectivity index is 1.98. The Labute approximate surface area is 179 Å². The van der Waals surface area contributed by atoms with E-state index < -0.39 is 22.4 Å². The smallest absolute Gasteiger partial charge is 0.341 e. The summed E-state index contributed by atoms with van der Waals surface area (Å²) in [6, 6.07) is 13.9. The first-order chi connectivity index (χ1) is 14.4. The van der Waals surface area contributed by atoms with Gasteiger partial charge in [-0.15, -0.1) is 0 Å². The number of hydrogen-bond acceptors (Lipinski definition) is 5. The van der Waals surface area contributed by atoms with E-state index >= 15 is 0 Å². The van der Waals surface area contributed by atoms with E-state index in [4.69, 9.17) is 9.84 Å². The average Bonchev–Trinajstić information content (AvgIpc) is 3.26. The second kappa shape index (κ2) is 9.61. The number of benzene rings is 2. The molecule has 154 valence electrons. The molecular weight excluding hydrogens is 420 g/mol. The van der Waals surface area contributed by atoms with Crippen molar-refractivity contribution >= 4 is 27.1 Å². The molecule has 30 heavy (non-hydrogen) atoms. The first-order valence-corrected chi connectivity index (χ1v) is 11.8. The molecule has 7 heteroatoms. The molecule has 0 saturated heterocycles. The fourth-order valence-electron chi connectivity index (χ4n) is 2.79. The van der Waals surface area contributed by atoms with Gasteiger partial charge < -0.3 is 9.84 Å². The minimum absolute atomic E-state index is 0.0831. The Morgan fingerprint density at radius 3 is 2.63 bits per heavy atom. The van der Waals surface area contributed by atoms with E-state index in [1.54, 1.807) is 41.7 Å². The summed E-state index contributed by atoms with van der Waals surface area (Å²) < 4.78 is 30.0. The molecule has 0 aliphatic carbocycles. The predicted molar refractivity (Wildman–Crippen MR) is 118 cm³/mol. The van der Waals surface area contributed by atoms with Crippen LogP contribution in [-0.2, 0) is 14.6 Å². The summed E-state index contributed by atoms with van der Waals surface area (Å²) in [6.45, 7) is 1.34. The van der Waals surface area contributed by atoms with E-state index in [-0.39, 0.29) is 10.6 Å². The maximum absolute atomic E-state index is 12.3. The van der Waals surface area contributed by atoms with Crippen molar-refractivity contribution in [3.8, 4) is 28.7 Å². The van der Waals surface area contributed by atoms with Crippen LogP contribution in [0.1, 0.15) is 24.5 Å². The SMILES string of the molecule is CCCS(=O)(=O)c1cccc(C#Cc2cc(-c3ccsc3)ccc2OCC(=O)O)c1. The van der Waals surface area contributed by atoms with Crippen LogP contribution >= 0.6 is 11.3 Å². The summed E-state index contributed by atoms with van der Waals surface area (Å²) in [6.07, 6.45) is 0.540. The monoisotopic (exact) mass is 440 g/mol. The summed E-state index contributed by atoms with van der Waals surface area (Å²) >= 11 is 1.57. The Kier molecular flexibility index (Phi) is 6.93. The number of carboxylic acids is 1. The van der Waals surface area contributed by atoms with E-state index in [1.807, 2.05) is 35.9 Å². The van der Waals surface area contributed by atoms with Gasteiger partial charge in [-0.25, -0.2) is 13.2 Å². The molecule has 0 aliphatic heterocycles. The summed E-state index contributed by atoms with van der Waals surface area (Å²) in [4.78, 5) is 11.1. The Morgan fingerprint density at radius 2 is 1.93 bits per heavy atom. The molecule has 0 atom stereocenters. The van der Waals surface area contributed by atoms with Crippen LogP contribution in [0.4, 0.5) is 0 Å². The Bertz CT molecular complexity index is 1200. The number of carboxylic acid groups (broad SMARTS) is 1. The second-order valence-electron chi connectivity index (χ2n) is 6.50. The van der Waals surface area contributed by atoms with E-state index in [9.17, 15) is 13.2 Å². The van der Waals surface area contributed by atoms with Crippen molar-refractivity contribution in [3.63, 3.8) is 0 Å². The van der Waals surface area contributed by atoms with E-state index in [0.717, 1.165) is 11.1 Å². The standard InChI is InChI=1S/C23H20O5S2/c1-2-12-30(26,27)21-5-3-4-17(13-21)6-7-19-14-18(20-10-11-29-16-20)8-9-22(19)28-15-23(24)25/h3-5,8-11,13-14,16H,2,12,15H2,1H3,(H,24,25). The fourth-order valence-corrected chi connectivity index (χ4v) is 4.83. The van der Waals surface area contributed by atoms with Crippen LogP contribution in [0.5, 0.6) is 5.75 Å². The molecule has 3 aromatic rings. The highest BCUT2D eigenvalue weighted by Crippen LogP contribution is 2.28. The van der Waals surface area contributed by atoms with E-state index in [2.05, 4.69) is 11.8 Å². The lowest BCUT2D eigenvalue weighted by Gasteiger charge is -2.08. The summed E-state index contributed by atoms with van der Waals surface area (Å²) in [7, 11) is -3.34. The lowest BCUT2D eigenvalue weighted by molar-refractivity contribution is -0.139. The third kappa shape index (κ3) is 5.50. The van der Waals surface area contributed by atoms with Gasteiger partial charge in [-0.1, -0.05) is 30.9 Å². The van der Waals surface area contributed by atoms with Gasteiger partial charge in [0, 0.05) is 5.56 Å². The molecule has 1 heterocycles. The normalized spacial score (nSPS) is 10.8. The molecule has 3 rings (SSSR count). The van der Waals surface area contributed by atoms with Crippen molar-refractivity contribution in [2.24, 2.45) is 0 Å². The number of rotatable bonds is 7. The quantitative estimate of drug-likeness (QED) is 0.549. The molecular formula is C23H20O5S2. The van der Waals surface area contributed by atoms with Crippen LogP contribution < -0.4 is 4.74 Å². The van der Waals surface area contributed by atoms with Gasteiger partial charge in [0.2, 0.25) is 0 Å². The van der Waals surface area contributed by atoms with Gasteiger partial charge in [0.15, 0.2) is 16.4 Å². The van der Waals surface area contributed by atoms with Crippen LogP contribution in [0, 0.1) is 11.8 Å². The second-order valence-corrected chi connectivity index (χ2v) is 9.39. The van der Waals surface area contributed by atoms with Crippen LogP contribution in [0.2, 0.25) is 0 Å². The third-order valence-electron chi connectivity index (χ3n) is 4.19. The molecule has 0 aliphatic rings. The molecule has 0 fully saturated rings. The molecule has 1 aromatic heterocycles. The molecule has 2 aromatic carbocycles. The average molecular weight is 441 g/mol. The Hall–Kier alpha value is -3.08. The van der Waals surface area contributed by atoms with Crippen molar-refractivity contribution in [1.29, 1.82) is 0 Å². The van der Waals surface area contributed by atoms with Crippen molar-refractivity contribution in [1.82, 2.24) is 0 Å². The van der Waals surface area contributed by atoms with E-state index in [0.29, 0.717) is 23.3 Å². The fraction of sp³-hybridized carbons (Fsp3) is 0.174. The van der Waals surface area contributed by atoms with Crippen LogP contribution in [0.3, 0.4) is 0 Å². The van der Waals surface area contributed by atoms with Crippen molar-refractivity contribution in [2.75, 3.05) is 12.4 Å². The van der Waals surface area contributed by atoms with E-state index in [1.165, 1.54) is 0 Å². The zero-order valence-corrected chi connectivity index (χ0v) is 17.9. The van der Waals surface area contributed by atoms with Crippen LogP contribution in [-0.4, -0.2) is 31.9 Å². The number of carbonyl (C=O) groups is 1. The highest BCUT2D eigenvalue weighted by molar-refractivity contribution is 7.91. The highest BCUT2D eigenvalue weighted by Gasteiger charge is 2.13. The molecule has 1 N–H and O–H groups in total.